The average molecular weight is 460 g/mol. The molecular weight excluding hydrogens is 430 g/mol. The predicted molar refractivity (Wildman–Crippen MR) is 134 cm³/mol. The van der Waals surface area contributed by atoms with Crippen molar-refractivity contribution in [2.75, 3.05) is 48.8 Å². The molecule has 5 heterocycles. The zero-order valence-corrected chi connectivity index (χ0v) is 19.6. The van der Waals surface area contributed by atoms with Gasteiger partial charge in [0.2, 0.25) is 11.8 Å². The van der Waals surface area contributed by atoms with Crippen molar-refractivity contribution in [2.24, 2.45) is 0 Å². The first-order chi connectivity index (χ1) is 16.6. The Morgan fingerprint density at radius 1 is 1.03 bits per heavy atom. The van der Waals surface area contributed by atoms with Crippen LogP contribution in [0.3, 0.4) is 0 Å². The van der Waals surface area contributed by atoms with Crippen molar-refractivity contribution in [1.82, 2.24) is 29.2 Å². The van der Waals surface area contributed by atoms with Gasteiger partial charge in [-0.1, -0.05) is 0 Å². The van der Waals surface area contributed by atoms with E-state index < -0.39 is 0 Å². The monoisotopic (exact) mass is 459 g/mol. The van der Waals surface area contributed by atoms with Crippen LogP contribution in [0.4, 0.5) is 29.0 Å². The van der Waals surface area contributed by atoms with Crippen molar-refractivity contribution in [1.29, 1.82) is 0 Å². The highest BCUT2D eigenvalue weighted by Crippen LogP contribution is 2.25. The molecular formula is C24H29N9O. The van der Waals surface area contributed by atoms with Crippen molar-refractivity contribution in [3.05, 3.63) is 55.1 Å². The van der Waals surface area contributed by atoms with E-state index in [2.05, 4.69) is 44.4 Å². The van der Waals surface area contributed by atoms with Crippen molar-refractivity contribution in [3.63, 3.8) is 0 Å². The zero-order chi connectivity index (χ0) is 23.5. The van der Waals surface area contributed by atoms with Gasteiger partial charge >= 0.3 is 0 Å². The van der Waals surface area contributed by atoms with Gasteiger partial charge in [-0.05, 0) is 33.0 Å². The average Bonchev–Trinajstić information content (AvgIpc) is 3.30. The molecule has 1 atom stereocenters. The summed E-state index contributed by atoms with van der Waals surface area (Å²) in [6.45, 7) is 7.53. The number of hydrogen-bond donors (Lipinski definition) is 2. The van der Waals surface area contributed by atoms with Gasteiger partial charge in [0.05, 0.1) is 18.5 Å². The molecule has 0 radical (unpaired) electrons. The number of imidazole rings is 1. The third-order valence-electron chi connectivity index (χ3n) is 5.95. The molecule has 0 aromatic carbocycles. The molecule has 1 aliphatic rings. The van der Waals surface area contributed by atoms with Crippen LogP contribution in [-0.2, 0) is 0 Å². The van der Waals surface area contributed by atoms with Crippen LogP contribution in [0.25, 0.3) is 5.65 Å². The normalized spacial score (nSPS) is 16.6. The molecule has 0 spiro atoms. The molecule has 0 saturated carbocycles. The van der Waals surface area contributed by atoms with Gasteiger partial charge in [0, 0.05) is 68.2 Å². The van der Waals surface area contributed by atoms with E-state index in [1.807, 2.05) is 54.0 Å². The van der Waals surface area contributed by atoms with Crippen LogP contribution in [0.2, 0.25) is 0 Å². The lowest BCUT2D eigenvalue weighted by atomic mass is 10.2. The molecule has 0 aliphatic carbocycles. The summed E-state index contributed by atoms with van der Waals surface area (Å²) in [6.07, 6.45) is 7.39. The number of hydrogen-bond acceptors (Lipinski definition) is 9. The van der Waals surface area contributed by atoms with E-state index in [9.17, 15) is 0 Å². The fraction of sp³-hybridized carbons (Fsp3) is 0.333. The number of anilines is 5. The largest absolute Gasteiger partial charge is 0.478 e. The molecule has 176 valence electrons. The van der Waals surface area contributed by atoms with E-state index >= 15 is 0 Å². The SMILES string of the molecule is CCOc1ccc(Nc2nc(Nc3ccn4ccnc4c3)cc(N3CCN(C)C(C)C3)n2)cn1. The fourth-order valence-electron chi connectivity index (χ4n) is 3.93. The number of likely N-dealkylation sites (N-methyl/N-ethyl adjacent to an activating group) is 1. The first-order valence-electron chi connectivity index (χ1n) is 11.5. The first kappa shape index (κ1) is 21.9. The van der Waals surface area contributed by atoms with Gasteiger partial charge in [-0.2, -0.15) is 9.97 Å². The molecule has 0 bridgehead atoms. The van der Waals surface area contributed by atoms with Gasteiger partial charge in [0.15, 0.2) is 0 Å². The van der Waals surface area contributed by atoms with Gasteiger partial charge in [-0.25, -0.2) is 9.97 Å². The molecule has 5 rings (SSSR count). The number of rotatable bonds is 7. The maximum Gasteiger partial charge on any atom is 0.231 e. The van der Waals surface area contributed by atoms with Gasteiger partial charge in [-0.15, -0.1) is 0 Å². The maximum absolute atomic E-state index is 5.44. The van der Waals surface area contributed by atoms with Crippen LogP contribution >= 0.6 is 0 Å². The van der Waals surface area contributed by atoms with E-state index in [0.717, 1.165) is 42.5 Å². The lowest BCUT2D eigenvalue weighted by molar-refractivity contribution is 0.233. The molecule has 4 aromatic heterocycles. The van der Waals surface area contributed by atoms with Crippen LogP contribution < -0.4 is 20.3 Å². The van der Waals surface area contributed by atoms with Crippen LogP contribution in [0.1, 0.15) is 13.8 Å². The smallest absolute Gasteiger partial charge is 0.231 e. The summed E-state index contributed by atoms with van der Waals surface area (Å²) in [7, 11) is 2.16. The second kappa shape index (κ2) is 9.52. The Labute approximate surface area is 198 Å². The van der Waals surface area contributed by atoms with Crippen LogP contribution in [0.5, 0.6) is 5.88 Å². The third kappa shape index (κ3) is 4.86. The Bertz CT molecular complexity index is 1260. The van der Waals surface area contributed by atoms with Crippen LogP contribution in [0.15, 0.2) is 55.1 Å². The highest BCUT2D eigenvalue weighted by molar-refractivity contribution is 5.66. The summed E-state index contributed by atoms with van der Waals surface area (Å²) in [5.74, 6) is 2.67. The topological polar surface area (TPSA) is 95.7 Å². The highest BCUT2D eigenvalue weighted by Gasteiger charge is 2.22. The van der Waals surface area contributed by atoms with Gasteiger partial charge in [0.1, 0.15) is 17.3 Å². The molecule has 1 saturated heterocycles. The van der Waals surface area contributed by atoms with Gasteiger partial charge in [-0.3, -0.25) is 0 Å². The quantitative estimate of drug-likeness (QED) is 0.430. The standard InChI is InChI=1S/C24H29N9O/c1-4-34-23-6-5-19(15-26-23)28-24-29-20(27-18-7-9-32-10-8-25-21(32)13-18)14-22(30-24)33-12-11-31(3)17(2)16-33/h5-10,13-15,17H,4,11-12,16H2,1-3H3,(H2,27,28,29,30). The van der Waals surface area contributed by atoms with E-state index in [4.69, 9.17) is 14.7 Å². The fourth-order valence-corrected chi connectivity index (χ4v) is 3.93. The molecule has 1 fully saturated rings. The minimum absolute atomic E-state index is 0.440. The predicted octanol–water partition coefficient (Wildman–Crippen LogP) is 3.55. The van der Waals surface area contributed by atoms with Crippen molar-refractivity contribution in [2.45, 2.75) is 19.9 Å². The summed E-state index contributed by atoms with van der Waals surface area (Å²) in [5.41, 5.74) is 2.56. The Hall–Kier alpha value is -3.92. The summed E-state index contributed by atoms with van der Waals surface area (Å²) < 4.78 is 7.41. The highest BCUT2D eigenvalue weighted by atomic mass is 16.5. The number of fused-ring (bicyclic) bond motifs is 1. The number of aromatic nitrogens is 5. The minimum atomic E-state index is 0.440. The Kier molecular flexibility index (Phi) is 6.13. The lowest BCUT2D eigenvalue weighted by Gasteiger charge is -2.38. The summed E-state index contributed by atoms with van der Waals surface area (Å²) >= 11 is 0. The molecule has 4 aromatic rings. The van der Waals surface area contributed by atoms with E-state index in [-0.39, 0.29) is 0 Å². The third-order valence-corrected chi connectivity index (χ3v) is 5.95. The summed E-state index contributed by atoms with van der Waals surface area (Å²) in [6, 6.07) is 10.2. The van der Waals surface area contributed by atoms with Crippen LogP contribution in [0, 0.1) is 0 Å². The number of nitrogens with one attached hydrogen (secondary N) is 2. The first-order valence-corrected chi connectivity index (χ1v) is 11.5. The lowest BCUT2D eigenvalue weighted by Crippen LogP contribution is -2.50. The molecule has 10 heteroatoms. The summed E-state index contributed by atoms with van der Waals surface area (Å²) in [4.78, 5) is 22.9. The van der Waals surface area contributed by atoms with E-state index in [0.29, 0.717) is 30.3 Å². The van der Waals surface area contributed by atoms with Crippen molar-refractivity contribution >= 4 is 34.6 Å². The number of nitrogens with zero attached hydrogens (tertiary/aromatic N) is 7. The maximum atomic E-state index is 5.44. The van der Waals surface area contributed by atoms with Crippen LogP contribution in [-0.4, -0.2) is 68.6 Å². The zero-order valence-electron chi connectivity index (χ0n) is 19.6. The molecule has 1 unspecified atom stereocenters. The van der Waals surface area contributed by atoms with Crippen molar-refractivity contribution < 1.29 is 4.74 Å². The minimum Gasteiger partial charge on any atom is -0.478 e. The van der Waals surface area contributed by atoms with Crippen molar-refractivity contribution in [3.8, 4) is 5.88 Å². The second-order valence-corrected chi connectivity index (χ2v) is 8.39. The molecule has 2 N–H and O–H groups in total. The molecule has 1 aliphatic heterocycles. The van der Waals surface area contributed by atoms with E-state index in [1.165, 1.54) is 0 Å². The number of ether oxygens (including phenoxy) is 1. The Morgan fingerprint density at radius 2 is 1.94 bits per heavy atom. The Morgan fingerprint density at radius 3 is 2.74 bits per heavy atom. The second-order valence-electron chi connectivity index (χ2n) is 8.39. The Balaban J connectivity index is 1.44. The van der Waals surface area contributed by atoms with Gasteiger partial charge < -0.3 is 29.6 Å². The molecule has 34 heavy (non-hydrogen) atoms. The number of piperazine rings is 1. The van der Waals surface area contributed by atoms with Gasteiger partial charge in [0.25, 0.3) is 0 Å². The number of pyridine rings is 2. The molecule has 10 nitrogen and oxygen atoms in total. The summed E-state index contributed by atoms with van der Waals surface area (Å²) in [5, 5.41) is 6.71. The van der Waals surface area contributed by atoms with E-state index in [1.54, 1.807) is 12.4 Å². The molecule has 0 amide bonds.